The second kappa shape index (κ2) is 8.40. The van der Waals surface area contributed by atoms with Crippen LogP contribution in [0.3, 0.4) is 0 Å². The molecule has 2 atom stereocenters. The number of carbonyl (C=O) groups excluding carboxylic acids is 1. The van der Waals surface area contributed by atoms with E-state index in [9.17, 15) is 13.2 Å². The van der Waals surface area contributed by atoms with Crippen molar-refractivity contribution in [1.82, 2.24) is 10.2 Å². The van der Waals surface area contributed by atoms with Crippen LogP contribution in [0.1, 0.15) is 10.4 Å². The number of aliphatic imine (C=N–C) groups is 1. The Bertz CT molecular complexity index is 868. The second-order valence-corrected chi connectivity index (χ2v) is 10.5. The predicted molar refractivity (Wildman–Crippen MR) is 111 cm³/mol. The standard InChI is InChI=1S/C18H24N4O4S2/c23-17(19-4-5-22-6-8-26-9-7-22)13-2-1-3-14(10-13)20-18-21-15-11-28(24,25)12-16(15)27-18/h1-3,10,15-16H,4-9,11-12H2,(H,19,23)(H,20,21)/t15-,16+/m1/s1. The van der Waals surface area contributed by atoms with Gasteiger partial charge in [0.1, 0.15) is 0 Å². The molecule has 2 saturated heterocycles. The maximum atomic E-state index is 12.4. The first-order valence-electron chi connectivity index (χ1n) is 9.39. The molecule has 0 spiro atoms. The Balaban J connectivity index is 1.30. The maximum absolute atomic E-state index is 12.4. The molecule has 2 N–H and O–H groups in total. The Morgan fingerprint density at radius 2 is 2.11 bits per heavy atom. The Kier molecular flexibility index (Phi) is 5.91. The molecular formula is C18H24N4O4S2. The third kappa shape index (κ3) is 4.86. The van der Waals surface area contributed by atoms with Crippen molar-refractivity contribution in [2.45, 2.75) is 11.3 Å². The summed E-state index contributed by atoms with van der Waals surface area (Å²) in [5.41, 5.74) is 1.35. The van der Waals surface area contributed by atoms with Gasteiger partial charge in [-0.15, -0.1) is 0 Å². The van der Waals surface area contributed by atoms with Crippen LogP contribution in [-0.2, 0) is 14.6 Å². The molecule has 0 radical (unpaired) electrons. The molecule has 4 rings (SSSR count). The van der Waals surface area contributed by atoms with Gasteiger partial charge < -0.3 is 15.4 Å². The SMILES string of the molecule is O=C(NCCN1CCOCC1)c1cccc(NC2=N[C@@H]3CS(=O)(=O)C[C@@H]3S2)c1. The van der Waals surface area contributed by atoms with Gasteiger partial charge in [-0.05, 0) is 18.2 Å². The van der Waals surface area contributed by atoms with Gasteiger partial charge in [-0.25, -0.2) is 8.42 Å². The lowest BCUT2D eigenvalue weighted by Gasteiger charge is -2.26. The van der Waals surface area contributed by atoms with Crippen molar-refractivity contribution in [2.24, 2.45) is 4.99 Å². The lowest BCUT2D eigenvalue weighted by Crippen LogP contribution is -2.41. The molecule has 0 bridgehead atoms. The molecule has 3 aliphatic heterocycles. The van der Waals surface area contributed by atoms with E-state index in [1.54, 1.807) is 12.1 Å². The number of morpholine rings is 1. The summed E-state index contributed by atoms with van der Waals surface area (Å²) < 4.78 is 28.6. The van der Waals surface area contributed by atoms with Crippen molar-refractivity contribution in [2.75, 3.05) is 56.2 Å². The second-order valence-electron chi connectivity index (χ2n) is 7.15. The summed E-state index contributed by atoms with van der Waals surface area (Å²) >= 11 is 1.47. The van der Waals surface area contributed by atoms with Gasteiger partial charge in [-0.1, -0.05) is 17.8 Å². The summed E-state index contributed by atoms with van der Waals surface area (Å²) in [4.78, 5) is 19.2. The third-order valence-electron chi connectivity index (χ3n) is 5.01. The Morgan fingerprint density at radius 3 is 2.89 bits per heavy atom. The summed E-state index contributed by atoms with van der Waals surface area (Å²) in [6.07, 6.45) is 0. The molecule has 0 aliphatic carbocycles. The number of amides is 1. The summed E-state index contributed by atoms with van der Waals surface area (Å²) in [5.74, 6) is 0.199. The minimum Gasteiger partial charge on any atom is -0.379 e. The highest BCUT2D eigenvalue weighted by molar-refractivity contribution is 8.15. The van der Waals surface area contributed by atoms with Gasteiger partial charge in [-0.2, -0.15) is 0 Å². The van der Waals surface area contributed by atoms with E-state index < -0.39 is 9.84 Å². The van der Waals surface area contributed by atoms with Gasteiger partial charge in [0.15, 0.2) is 15.0 Å². The summed E-state index contributed by atoms with van der Waals surface area (Å²) in [6.45, 7) is 4.70. The van der Waals surface area contributed by atoms with Crippen molar-refractivity contribution in [3.05, 3.63) is 29.8 Å². The molecule has 1 aromatic rings. The average molecular weight is 425 g/mol. The lowest BCUT2D eigenvalue weighted by molar-refractivity contribution is 0.0383. The van der Waals surface area contributed by atoms with Crippen molar-refractivity contribution >= 4 is 38.4 Å². The van der Waals surface area contributed by atoms with E-state index in [0.29, 0.717) is 12.1 Å². The number of benzene rings is 1. The highest BCUT2D eigenvalue weighted by atomic mass is 32.2. The van der Waals surface area contributed by atoms with Crippen molar-refractivity contribution in [1.29, 1.82) is 0 Å². The van der Waals surface area contributed by atoms with Gasteiger partial charge >= 0.3 is 0 Å². The van der Waals surface area contributed by atoms with Gasteiger partial charge in [0.25, 0.3) is 5.91 Å². The topological polar surface area (TPSA) is 100 Å². The smallest absolute Gasteiger partial charge is 0.251 e. The minimum atomic E-state index is -2.96. The van der Waals surface area contributed by atoms with E-state index in [2.05, 4.69) is 20.5 Å². The highest BCUT2D eigenvalue weighted by Crippen LogP contribution is 2.34. The first kappa shape index (κ1) is 19.7. The van der Waals surface area contributed by atoms with Gasteiger partial charge in [-0.3, -0.25) is 14.7 Å². The summed E-state index contributed by atoms with van der Waals surface area (Å²) in [6, 6.07) is 7.10. The number of amidine groups is 1. The lowest BCUT2D eigenvalue weighted by atomic mass is 10.2. The number of thioether (sulfide) groups is 1. The Morgan fingerprint density at radius 1 is 1.29 bits per heavy atom. The fourth-order valence-corrected chi connectivity index (χ4v) is 7.21. The van der Waals surface area contributed by atoms with Crippen LogP contribution < -0.4 is 10.6 Å². The number of nitrogens with one attached hydrogen (secondary N) is 2. The Hall–Kier alpha value is -1.62. The average Bonchev–Trinajstić information content (AvgIpc) is 3.15. The number of anilines is 1. The number of ether oxygens (including phenoxy) is 1. The van der Waals surface area contributed by atoms with E-state index in [4.69, 9.17) is 4.74 Å². The highest BCUT2D eigenvalue weighted by Gasteiger charge is 2.42. The molecule has 8 nitrogen and oxygen atoms in total. The molecule has 10 heteroatoms. The zero-order valence-corrected chi connectivity index (χ0v) is 17.1. The maximum Gasteiger partial charge on any atom is 0.251 e. The van der Waals surface area contributed by atoms with Crippen LogP contribution in [0.4, 0.5) is 5.69 Å². The van der Waals surface area contributed by atoms with E-state index in [0.717, 1.165) is 43.7 Å². The fraction of sp³-hybridized carbons (Fsp3) is 0.556. The molecule has 3 heterocycles. The molecule has 0 saturated carbocycles. The first-order chi connectivity index (χ1) is 13.5. The first-order valence-corrected chi connectivity index (χ1v) is 12.1. The van der Waals surface area contributed by atoms with Crippen molar-refractivity contribution in [3.63, 3.8) is 0 Å². The number of fused-ring (bicyclic) bond motifs is 1. The molecule has 2 fully saturated rings. The van der Waals surface area contributed by atoms with Crippen LogP contribution >= 0.6 is 11.8 Å². The van der Waals surface area contributed by atoms with Crippen LogP contribution in [-0.4, -0.2) is 86.6 Å². The largest absolute Gasteiger partial charge is 0.379 e. The number of carbonyl (C=O) groups is 1. The quantitative estimate of drug-likeness (QED) is 0.707. The number of sulfone groups is 1. The zero-order valence-electron chi connectivity index (χ0n) is 15.5. The molecular weight excluding hydrogens is 400 g/mol. The molecule has 1 amide bonds. The summed E-state index contributed by atoms with van der Waals surface area (Å²) in [5, 5.41) is 6.89. The van der Waals surface area contributed by atoms with Crippen LogP contribution in [0.15, 0.2) is 29.3 Å². The number of hydrogen-bond donors (Lipinski definition) is 2. The Labute approximate surface area is 169 Å². The molecule has 152 valence electrons. The van der Waals surface area contributed by atoms with Crippen molar-refractivity contribution in [3.8, 4) is 0 Å². The molecule has 3 aliphatic rings. The van der Waals surface area contributed by atoms with E-state index in [1.165, 1.54) is 11.8 Å². The molecule has 0 unspecified atom stereocenters. The number of rotatable bonds is 5. The van der Waals surface area contributed by atoms with E-state index in [1.807, 2.05) is 12.1 Å². The normalized spacial score (nSPS) is 26.5. The molecule has 0 aromatic heterocycles. The van der Waals surface area contributed by atoms with Crippen LogP contribution in [0, 0.1) is 0 Å². The zero-order chi connectivity index (χ0) is 19.6. The van der Waals surface area contributed by atoms with Crippen LogP contribution in [0.25, 0.3) is 0 Å². The fourth-order valence-electron chi connectivity index (χ4n) is 3.53. The number of nitrogens with zero attached hydrogens (tertiary/aromatic N) is 2. The molecule has 1 aromatic carbocycles. The van der Waals surface area contributed by atoms with E-state index in [-0.39, 0.29) is 28.7 Å². The van der Waals surface area contributed by atoms with Gasteiger partial charge in [0.2, 0.25) is 0 Å². The summed E-state index contributed by atoms with van der Waals surface area (Å²) in [7, 11) is -2.96. The molecule has 28 heavy (non-hydrogen) atoms. The minimum absolute atomic E-state index is 0.000770. The monoisotopic (exact) mass is 424 g/mol. The van der Waals surface area contributed by atoms with Crippen LogP contribution in [0.2, 0.25) is 0 Å². The van der Waals surface area contributed by atoms with E-state index >= 15 is 0 Å². The van der Waals surface area contributed by atoms with Gasteiger partial charge in [0, 0.05) is 42.7 Å². The predicted octanol–water partition coefficient (Wildman–Crippen LogP) is 0.429. The van der Waals surface area contributed by atoms with Crippen LogP contribution in [0.5, 0.6) is 0 Å². The number of hydrogen-bond acceptors (Lipinski definition) is 8. The third-order valence-corrected chi connectivity index (χ3v) is 8.15. The van der Waals surface area contributed by atoms with Gasteiger partial charge in [0.05, 0.1) is 30.8 Å². The van der Waals surface area contributed by atoms with Crippen molar-refractivity contribution < 1.29 is 17.9 Å².